The number of carbonyl (C=O) groups is 1. The smallest absolute Gasteiger partial charge is 0.325 e. The van der Waals surface area contributed by atoms with Crippen LogP contribution in [0.1, 0.15) is 6.92 Å². The highest BCUT2D eigenvalue weighted by Crippen LogP contribution is 2.23. The second-order valence-electron chi connectivity index (χ2n) is 4.20. The summed E-state index contributed by atoms with van der Waals surface area (Å²) in [4.78, 5) is 11.3. The molecule has 8 heteroatoms. The Kier molecular flexibility index (Phi) is 5.34. The molecule has 0 saturated heterocycles. The van der Waals surface area contributed by atoms with Crippen LogP contribution in [0.2, 0.25) is 0 Å². The largest absolute Gasteiger partial charge is 0.465 e. The number of hydrogen-bond acceptors (Lipinski definition) is 6. The fourth-order valence-electron chi connectivity index (χ4n) is 1.45. The number of nitrogens with zero attached hydrogens (tertiary/aromatic N) is 1. The summed E-state index contributed by atoms with van der Waals surface area (Å²) in [5, 5.41) is 2.80. The summed E-state index contributed by atoms with van der Waals surface area (Å²) in [5.74, 6) is -0.406. The number of nitrogens with one attached hydrogen (secondary N) is 1. The minimum absolute atomic E-state index is 0.0299. The number of benzene rings is 1. The van der Waals surface area contributed by atoms with Crippen LogP contribution in [-0.2, 0) is 19.6 Å². The molecule has 1 aromatic rings. The lowest BCUT2D eigenvalue weighted by atomic mass is 10.2. The molecular formula is C12H19N3O4S. The Bertz CT molecular complexity index is 584. The van der Waals surface area contributed by atoms with Crippen molar-refractivity contribution in [2.24, 2.45) is 0 Å². The summed E-state index contributed by atoms with van der Waals surface area (Å²) in [6.45, 7) is 1.99. The number of carbonyl (C=O) groups excluding carboxylic acids is 1. The molecule has 1 aromatic carbocycles. The van der Waals surface area contributed by atoms with Crippen molar-refractivity contribution >= 4 is 27.4 Å². The van der Waals surface area contributed by atoms with Crippen LogP contribution < -0.4 is 11.1 Å². The lowest BCUT2D eigenvalue weighted by Crippen LogP contribution is -2.22. The molecule has 20 heavy (non-hydrogen) atoms. The Morgan fingerprint density at radius 2 is 2.05 bits per heavy atom. The average molecular weight is 301 g/mol. The number of sulfonamides is 1. The third-order valence-electron chi connectivity index (χ3n) is 2.53. The third-order valence-corrected chi connectivity index (χ3v) is 4.34. The van der Waals surface area contributed by atoms with E-state index in [2.05, 4.69) is 5.32 Å². The van der Waals surface area contributed by atoms with Crippen molar-refractivity contribution in [2.45, 2.75) is 11.8 Å². The van der Waals surface area contributed by atoms with Crippen LogP contribution in [0.5, 0.6) is 0 Å². The molecular weight excluding hydrogens is 282 g/mol. The SMILES string of the molecule is CCOC(=O)CNc1ccc(S(=O)(=O)N(C)C)cc1N. The second kappa shape index (κ2) is 6.58. The van der Waals surface area contributed by atoms with Crippen LogP contribution in [0.3, 0.4) is 0 Å². The van der Waals surface area contributed by atoms with Crippen LogP contribution in [0, 0.1) is 0 Å². The van der Waals surface area contributed by atoms with Crippen LogP contribution >= 0.6 is 0 Å². The zero-order chi connectivity index (χ0) is 15.3. The topological polar surface area (TPSA) is 102 Å². The fourth-order valence-corrected chi connectivity index (χ4v) is 2.39. The molecule has 0 bridgehead atoms. The van der Waals surface area contributed by atoms with Gasteiger partial charge in [0.05, 0.1) is 22.9 Å². The summed E-state index contributed by atoms with van der Waals surface area (Å²) in [6, 6.07) is 4.30. The van der Waals surface area contributed by atoms with E-state index in [1.807, 2.05) is 0 Å². The number of hydrogen-bond donors (Lipinski definition) is 2. The van der Waals surface area contributed by atoms with Crippen LogP contribution in [0.15, 0.2) is 23.1 Å². The van der Waals surface area contributed by atoms with Crippen molar-refractivity contribution < 1.29 is 17.9 Å². The highest BCUT2D eigenvalue weighted by atomic mass is 32.2. The maximum Gasteiger partial charge on any atom is 0.325 e. The summed E-state index contributed by atoms with van der Waals surface area (Å²) in [5.41, 5.74) is 6.51. The molecule has 0 aromatic heterocycles. The molecule has 0 aliphatic carbocycles. The number of ether oxygens (including phenoxy) is 1. The molecule has 0 atom stereocenters. The Labute approximate surface area is 118 Å². The zero-order valence-electron chi connectivity index (χ0n) is 11.7. The first-order valence-electron chi connectivity index (χ1n) is 6.00. The molecule has 0 aliphatic heterocycles. The maximum atomic E-state index is 11.9. The first-order valence-corrected chi connectivity index (χ1v) is 7.44. The Hall–Kier alpha value is -1.80. The standard InChI is InChI=1S/C12H19N3O4S/c1-4-19-12(16)8-14-11-6-5-9(7-10(11)13)20(17,18)15(2)3/h5-7,14H,4,8,13H2,1-3H3. The molecule has 1 rings (SSSR count). The van der Waals surface area contributed by atoms with Crippen molar-refractivity contribution in [1.82, 2.24) is 4.31 Å². The van der Waals surface area contributed by atoms with E-state index < -0.39 is 16.0 Å². The summed E-state index contributed by atoms with van der Waals surface area (Å²) >= 11 is 0. The Morgan fingerprint density at radius 1 is 1.40 bits per heavy atom. The van der Waals surface area contributed by atoms with E-state index in [1.54, 1.807) is 6.92 Å². The molecule has 0 radical (unpaired) electrons. The van der Waals surface area contributed by atoms with Crippen LogP contribution in [0.4, 0.5) is 11.4 Å². The zero-order valence-corrected chi connectivity index (χ0v) is 12.5. The van der Waals surface area contributed by atoms with Crippen LogP contribution in [0.25, 0.3) is 0 Å². The van der Waals surface area contributed by atoms with Crippen LogP contribution in [-0.4, -0.2) is 45.9 Å². The van der Waals surface area contributed by atoms with Crippen molar-refractivity contribution in [3.8, 4) is 0 Å². The van der Waals surface area contributed by atoms with E-state index in [1.165, 1.54) is 32.3 Å². The van der Waals surface area contributed by atoms with Gasteiger partial charge in [-0.15, -0.1) is 0 Å². The summed E-state index contributed by atoms with van der Waals surface area (Å²) < 4.78 is 29.7. The van der Waals surface area contributed by atoms with Crippen molar-refractivity contribution in [3.05, 3.63) is 18.2 Å². The molecule has 0 heterocycles. The van der Waals surface area contributed by atoms with Gasteiger partial charge >= 0.3 is 5.97 Å². The number of rotatable bonds is 6. The highest BCUT2D eigenvalue weighted by Gasteiger charge is 2.18. The Morgan fingerprint density at radius 3 is 2.55 bits per heavy atom. The molecule has 0 unspecified atom stereocenters. The molecule has 0 fully saturated rings. The van der Waals surface area contributed by atoms with Crippen molar-refractivity contribution in [1.29, 1.82) is 0 Å². The first-order chi connectivity index (χ1) is 9.28. The highest BCUT2D eigenvalue weighted by molar-refractivity contribution is 7.89. The van der Waals surface area contributed by atoms with Gasteiger partial charge in [0.1, 0.15) is 6.54 Å². The molecule has 112 valence electrons. The van der Waals surface area contributed by atoms with E-state index in [0.717, 1.165) is 4.31 Å². The summed E-state index contributed by atoms with van der Waals surface area (Å²) in [7, 11) is -0.636. The minimum atomic E-state index is -3.52. The Balaban J connectivity index is 2.87. The van der Waals surface area contributed by atoms with Gasteiger partial charge in [-0.05, 0) is 25.1 Å². The lowest BCUT2D eigenvalue weighted by molar-refractivity contribution is -0.140. The van der Waals surface area contributed by atoms with E-state index in [-0.39, 0.29) is 17.1 Å². The van der Waals surface area contributed by atoms with Gasteiger partial charge in [-0.25, -0.2) is 12.7 Å². The normalized spacial score (nSPS) is 11.4. The summed E-state index contributed by atoms with van der Waals surface area (Å²) in [6.07, 6.45) is 0. The van der Waals surface area contributed by atoms with Gasteiger partial charge in [-0.2, -0.15) is 0 Å². The average Bonchev–Trinajstić information content (AvgIpc) is 2.37. The predicted octanol–water partition coefficient (Wildman–Crippen LogP) is 0.494. The minimum Gasteiger partial charge on any atom is -0.465 e. The van der Waals surface area contributed by atoms with Gasteiger partial charge in [-0.3, -0.25) is 4.79 Å². The van der Waals surface area contributed by atoms with Crippen molar-refractivity contribution in [3.63, 3.8) is 0 Å². The molecule has 7 nitrogen and oxygen atoms in total. The van der Waals surface area contributed by atoms with Gasteiger partial charge in [0, 0.05) is 14.1 Å². The molecule has 0 aliphatic rings. The second-order valence-corrected chi connectivity index (χ2v) is 6.35. The number of anilines is 2. The van der Waals surface area contributed by atoms with Gasteiger partial charge in [0.2, 0.25) is 10.0 Å². The van der Waals surface area contributed by atoms with E-state index >= 15 is 0 Å². The number of nitrogen functional groups attached to an aromatic ring is 1. The van der Waals surface area contributed by atoms with Gasteiger partial charge in [0.25, 0.3) is 0 Å². The fraction of sp³-hybridized carbons (Fsp3) is 0.417. The first kappa shape index (κ1) is 16.3. The molecule has 0 amide bonds. The monoisotopic (exact) mass is 301 g/mol. The molecule has 0 spiro atoms. The van der Waals surface area contributed by atoms with E-state index in [9.17, 15) is 13.2 Å². The molecule has 0 saturated carbocycles. The lowest BCUT2D eigenvalue weighted by Gasteiger charge is -2.14. The van der Waals surface area contributed by atoms with Gasteiger partial charge in [0.15, 0.2) is 0 Å². The third kappa shape index (κ3) is 3.84. The van der Waals surface area contributed by atoms with Crippen molar-refractivity contribution in [2.75, 3.05) is 38.3 Å². The van der Waals surface area contributed by atoms with Gasteiger partial charge in [-0.1, -0.05) is 0 Å². The number of esters is 1. The van der Waals surface area contributed by atoms with E-state index in [4.69, 9.17) is 10.5 Å². The van der Waals surface area contributed by atoms with E-state index in [0.29, 0.717) is 12.3 Å². The predicted molar refractivity (Wildman–Crippen MR) is 76.8 cm³/mol. The quantitative estimate of drug-likeness (QED) is 0.586. The molecule has 3 N–H and O–H groups in total. The maximum absolute atomic E-state index is 11.9. The van der Waals surface area contributed by atoms with Gasteiger partial charge < -0.3 is 15.8 Å². The number of nitrogens with two attached hydrogens (primary N) is 1.